The summed E-state index contributed by atoms with van der Waals surface area (Å²) in [6.45, 7) is 9.19. The summed E-state index contributed by atoms with van der Waals surface area (Å²) in [5, 5.41) is 3.31. The molecule has 0 unspecified atom stereocenters. The average molecular weight is 231 g/mol. The Labute approximate surface area is 104 Å². The van der Waals surface area contributed by atoms with Crippen LogP contribution in [-0.2, 0) is 6.42 Å². The van der Waals surface area contributed by atoms with E-state index in [2.05, 4.69) is 37.9 Å². The fourth-order valence-corrected chi connectivity index (χ4v) is 1.94. The van der Waals surface area contributed by atoms with Gasteiger partial charge in [0.05, 0.1) is 6.61 Å². The molecule has 0 aliphatic carbocycles. The minimum Gasteiger partial charge on any atom is -0.494 e. The molecule has 0 radical (unpaired) electrons. The number of rotatable bonds is 4. The third-order valence-electron chi connectivity index (χ3n) is 3.05. The van der Waals surface area contributed by atoms with Crippen molar-refractivity contribution in [3.8, 4) is 5.75 Å². The van der Waals surface area contributed by atoms with Crippen LogP contribution < -0.4 is 10.1 Å². The third-order valence-corrected chi connectivity index (χ3v) is 3.05. The van der Waals surface area contributed by atoms with Crippen molar-refractivity contribution in [1.82, 2.24) is 0 Å². The van der Waals surface area contributed by atoms with E-state index in [4.69, 9.17) is 4.74 Å². The average Bonchev–Trinajstić information content (AvgIpc) is 2.29. The molecule has 1 heterocycles. The van der Waals surface area contributed by atoms with Crippen LogP contribution in [0.5, 0.6) is 5.75 Å². The Kier molecular flexibility index (Phi) is 3.72. The molecule has 0 fully saturated rings. The topological polar surface area (TPSA) is 21.3 Å². The number of allylic oxidation sites excluding steroid dienone is 1. The van der Waals surface area contributed by atoms with Gasteiger partial charge in [0.25, 0.3) is 0 Å². The fraction of sp³-hybridized carbons (Fsp3) is 0.467. The van der Waals surface area contributed by atoms with E-state index in [1.807, 2.05) is 6.07 Å². The van der Waals surface area contributed by atoms with E-state index < -0.39 is 0 Å². The van der Waals surface area contributed by atoms with Crippen molar-refractivity contribution >= 4 is 5.69 Å². The van der Waals surface area contributed by atoms with Gasteiger partial charge < -0.3 is 10.1 Å². The van der Waals surface area contributed by atoms with E-state index in [0.717, 1.165) is 37.3 Å². The molecule has 0 aromatic heterocycles. The van der Waals surface area contributed by atoms with Crippen LogP contribution in [0.15, 0.2) is 30.5 Å². The van der Waals surface area contributed by atoms with Crippen LogP contribution in [0.4, 0.5) is 5.69 Å². The third kappa shape index (κ3) is 3.26. The quantitative estimate of drug-likeness (QED) is 0.846. The Bertz CT molecular complexity index is 409. The first-order valence-electron chi connectivity index (χ1n) is 6.35. The van der Waals surface area contributed by atoms with Gasteiger partial charge in [-0.05, 0) is 48.9 Å². The molecule has 1 aliphatic rings. The van der Waals surface area contributed by atoms with Crippen LogP contribution in [0.25, 0.3) is 0 Å². The molecule has 1 N–H and O–H groups in total. The summed E-state index contributed by atoms with van der Waals surface area (Å²) >= 11 is 0. The number of hydrogen-bond acceptors (Lipinski definition) is 2. The number of anilines is 1. The molecule has 0 saturated carbocycles. The summed E-state index contributed by atoms with van der Waals surface area (Å²) < 4.78 is 5.76. The van der Waals surface area contributed by atoms with Crippen molar-refractivity contribution in [1.29, 1.82) is 0 Å². The summed E-state index contributed by atoms with van der Waals surface area (Å²) in [6.07, 6.45) is 3.18. The normalized spacial score (nSPS) is 14.4. The molecule has 2 heteroatoms. The molecule has 2 rings (SSSR count). The number of hydrogen-bond donors (Lipinski definition) is 1. The Morgan fingerprint density at radius 1 is 1.35 bits per heavy atom. The highest BCUT2D eigenvalue weighted by Gasteiger charge is 2.11. The molecule has 0 saturated heterocycles. The molecule has 92 valence electrons. The molecule has 2 nitrogen and oxygen atoms in total. The van der Waals surface area contributed by atoms with Crippen molar-refractivity contribution in [3.63, 3.8) is 0 Å². The monoisotopic (exact) mass is 231 g/mol. The largest absolute Gasteiger partial charge is 0.494 e. The van der Waals surface area contributed by atoms with Gasteiger partial charge in [0.1, 0.15) is 5.75 Å². The smallest absolute Gasteiger partial charge is 0.119 e. The van der Waals surface area contributed by atoms with Gasteiger partial charge in [-0.2, -0.15) is 0 Å². The molecule has 0 atom stereocenters. The van der Waals surface area contributed by atoms with Crippen molar-refractivity contribution < 1.29 is 4.74 Å². The highest BCUT2D eigenvalue weighted by Crippen LogP contribution is 2.29. The molecule has 1 aliphatic heterocycles. The number of benzene rings is 1. The lowest BCUT2D eigenvalue weighted by Crippen LogP contribution is -2.09. The molecule has 0 spiro atoms. The van der Waals surface area contributed by atoms with Crippen LogP contribution in [0, 0.1) is 5.92 Å². The van der Waals surface area contributed by atoms with Gasteiger partial charge in [-0.25, -0.2) is 0 Å². The second kappa shape index (κ2) is 5.26. The van der Waals surface area contributed by atoms with Gasteiger partial charge in [0.2, 0.25) is 0 Å². The molecular weight excluding hydrogens is 210 g/mol. The van der Waals surface area contributed by atoms with E-state index in [-0.39, 0.29) is 0 Å². The minimum atomic E-state index is 0.692. The van der Waals surface area contributed by atoms with Crippen molar-refractivity contribution in [3.05, 3.63) is 36.0 Å². The number of fused-ring (bicyclic) bond motifs is 1. The first-order chi connectivity index (χ1) is 8.15. The maximum atomic E-state index is 5.76. The molecule has 1 aromatic rings. The lowest BCUT2D eigenvalue weighted by Gasteiger charge is -2.20. The number of nitrogens with one attached hydrogen (secondary N) is 1. The first-order valence-corrected chi connectivity index (χ1v) is 6.35. The predicted molar refractivity (Wildman–Crippen MR) is 72.5 cm³/mol. The van der Waals surface area contributed by atoms with E-state index in [0.29, 0.717) is 5.92 Å². The Balaban J connectivity index is 1.99. The van der Waals surface area contributed by atoms with Gasteiger partial charge in [-0.1, -0.05) is 20.4 Å². The summed E-state index contributed by atoms with van der Waals surface area (Å²) in [5.74, 6) is 1.68. The van der Waals surface area contributed by atoms with Gasteiger partial charge in [0, 0.05) is 11.4 Å². The van der Waals surface area contributed by atoms with Gasteiger partial charge in [-0.15, -0.1) is 0 Å². The van der Waals surface area contributed by atoms with E-state index in [9.17, 15) is 0 Å². The molecule has 0 amide bonds. The van der Waals surface area contributed by atoms with Gasteiger partial charge in [0.15, 0.2) is 0 Å². The van der Waals surface area contributed by atoms with Crippen molar-refractivity contribution in [2.24, 2.45) is 5.92 Å². The second-order valence-electron chi connectivity index (χ2n) is 5.08. The molecular formula is C15H21NO. The Hall–Kier alpha value is -1.44. The van der Waals surface area contributed by atoms with Gasteiger partial charge >= 0.3 is 0 Å². The van der Waals surface area contributed by atoms with Crippen LogP contribution in [0.2, 0.25) is 0 Å². The Morgan fingerprint density at radius 2 is 2.18 bits per heavy atom. The second-order valence-corrected chi connectivity index (χ2v) is 5.08. The summed E-state index contributed by atoms with van der Waals surface area (Å²) in [7, 11) is 0. The first kappa shape index (κ1) is 12.0. The lowest BCUT2D eigenvalue weighted by molar-refractivity contribution is 0.289. The highest BCUT2D eigenvalue weighted by atomic mass is 16.5. The summed E-state index contributed by atoms with van der Waals surface area (Å²) in [5.41, 5.74) is 3.61. The maximum Gasteiger partial charge on any atom is 0.119 e. The number of aryl methyl sites for hydroxylation is 1. The SMILES string of the molecule is C=C1CCc2cc(OCCC(C)C)ccc2N1. The number of ether oxygens (including phenoxy) is 1. The van der Waals surface area contributed by atoms with Crippen molar-refractivity contribution in [2.45, 2.75) is 33.1 Å². The standard InChI is InChI=1S/C15H21NO/c1-11(2)8-9-17-14-6-7-15-13(10-14)5-4-12(3)16-15/h6-7,10-11,16H,3-5,8-9H2,1-2H3. The summed E-state index contributed by atoms with van der Waals surface area (Å²) in [6, 6.07) is 6.27. The van der Waals surface area contributed by atoms with Crippen LogP contribution >= 0.6 is 0 Å². The van der Waals surface area contributed by atoms with Crippen LogP contribution in [0.1, 0.15) is 32.3 Å². The maximum absolute atomic E-state index is 5.76. The van der Waals surface area contributed by atoms with E-state index >= 15 is 0 Å². The molecule has 17 heavy (non-hydrogen) atoms. The van der Waals surface area contributed by atoms with Crippen LogP contribution in [-0.4, -0.2) is 6.61 Å². The van der Waals surface area contributed by atoms with E-state index in [1.54, 1.807) is 0 Å². The lowest BCUT2D eigenvalue weighted by atomic mass is 10.0. The minimum absolute atomic E-state index is 0.692. The van der Waals surface area contributed by atoms with Crippen LogP contribution in [0.3, 0.4) is 0 Å². The summed E-state index contributed by atoms with van der Waals surface area (Å²) in [4.78, 5) is 0. The molecule has 1 aromatic carbocycles. The molecule has 0 bridgehead atoms. The van der Waals surface area contributed by atoms with Crippen molar-refractivity contribution in [2.75, 3.05) is 11.9 Å². The predicted octanol–water partition coefficient (Wildman–Crippen LogP) is 3.98. The zero-order valence-corrected chi connectivity index (χ0v) is 10.8. The van der Waals surface area contributed by atoms with Gasteiger partial charge in [-0.3, -0.25) is 0 Å². The Morgan fingerprint density at radius 3 is 2.94 bits per heavy atom. The highest BCUT2D eigenvalue weighted by molar-refractivity contribution is 5.59. The zero-order chi connectivity index (χ0) is 12.3. The zero-order valence-electron chi connectivity index (χ0n) is 10.8. The fourth-order valence-electron chi connectivity index (χ4n) is 1.94. The van der Waals surface area contributed by atoms with E-state index in [1.165, 1.54) is 11.3 Å².